The molecule has 3 aromatic rings. The van der Waals surface area contributed by atoms with Crippen LogP contribution in [0.4, 0.5) is 5.95 Å². The number of fused-ring (bicyclic) bond motifs is 1. The lowest BCUT2D eigenvalue weighted by molar-refractivity contribution is -0.0424. The van der Waals surface area contributed by atoms with E-state index in [1.807, 2.05) is 30.3 Å². The lowest BCUT2D eigenvalue weighted by Crippen LogP contribution is -2.25. The molecule has 1 fully saturated rings. The van der Waals surface area contributed by atoms with E-state index in [2.05, 4.69) is 19.5 Å². The van der Waals surface area contributed by atoms with E-state index in [1.54, 1.807) is 4.57 Å². The van der Waals surface area contributed by atoms with E-state index >= 15 is 0 Å². The van der Waals surface area contributed by atoms with E-state index in [4.69, 9.17) is 25.0 Å². The molecule has 1 aromatic carbocycles. The number of hydrogen-bond donors (Lipinski definition) is 4. The highest BCUT2D eigenvalue weighted by Gasteiger charge is 2.37. The molecule has 3 heterocycles. The quantitative estimate of drug-likeness (QED) is 0.384. The van der Waals surface area contributed by atoms with Crippen molar-refractivity contribution >= 4 is 24.9 Å². The molecule has 3 atom stereocenters. The Bertz CT molecular complexity index is 1070. The molecule has 0 saturated carbocycles. The average molecular weight is 437 g/mol. The minimum atomic E-state index is -4.67. The van der Waals surface area contributed by atoms with E-state index in [1.165, 1.54) is 6.33 Å². The second-order valence-electron chi connectivity index (χ2n) is 6.70. The molecule has 4 rings (SSSR count). The largest absolute Gasteiger partial charge is 0.471 e. The van der Waals surface area contributed by atoms with Gasteiger partial charge in [0.2, 0.25) is 11.8 Å². The topological polar surface area (TPSA) is 175 Å². The maximum Gasteiger partial charge on any atom is 0.469 e. The molecule has 0 unspecified atom stereocenters. The van der Waals surface area contributed by atoms with Gasteiger partial charge in [-0.15, -0.1) is 0 Å². The molecule has 0 radical (unpaired) electrons. The first-order chi connectivity index (χ1) is 14.3. The summed E-state index contributed by atoms with van der Waals surface area (Å²) in [5, 5.41) is 10.2. The van der Waals surface area contributed by atoms with Crippen LogP contribution < -0.4 is 10.5 Å². The maximum absolute atomic E-state index is 10.9. The van der Waals surface area contributed by atoms with Crippen LogP contribution in [0.3, 0.4) is 0 Å². The predicted molar refractivity (Wildman–Crippen MR) is 103 cm³/mol. The highest BCUT2D eigenvalue weighted by molar-refractivity contribution is 7.46. The minimum absolute atomic E-state index is 0.0211. The van der Waals surface area contributed by atoms with Crippen LogP contribution in [0.25, 0.3) is 11.2 Å². The highest BCUT2D eigenvalue weighted by atomic mass is 31.2. The molecule has 1 saturated heterocycles. The van der Waals surface area contributed by atoms with Crippen LogP contribution in [0.2, 0.25) is 0 Å². The SMILES string of the molecule is Nc1nc(OCc2ccccc2)c2ncn([C@H]3C[C@H](O)[C@@H](COP(=O)(O)O)O3)c2n1. The molecule has 1 aliphatic heterocycles. The number of rotatable bonds is 7. The molecule has 13 heteroatoms. The number of nitrogens with two attached hydrogens (primary N) is 1. The number of imidazole rings is 1. The van der Waals surface area contributed by atoms with Crippen molar-refractivity contribution in [2.75, 3.05) is 12.3 Å². The normalized spacial score (nSPS) is 21.9. The highest BCUT2D eigenvalue weighted by Crippen LogP contribution is 2.39. The molecular weight excluding hydrogens is 417 g/mol. The summed E-state index contributed by atoms with van der Waals surface area (Å²) in [7, 11) is -4.67. The third-order valence-corrected chi connectivity index (χ3v) is 5.03. The first-order valence-electron chi connectivity index (χ1n) is 9.00. The number of benzene rings is 1. The van der Waals surface area contributed by atoms with Crippen molar-refractivity contribution in [3.8, 4) is 5.88 Å². The molecule has 0 amide bonds. The third kappa shape index (κ3) is 4.59. The number of phosphoric ester groups is 1. The van der Waals surface area contributed by atoms with Crippen LogP contribution in [-0.4, -0.2) is 53.2 Å². The van der Waals surface area contributed by atoms with Gasteiger partial charge in [0.05, 0.1) is 19.0 Å². The summed E-state index contributed by atoms with van der Waals surface area (Å²) in [6.07, 6.45) is -1.01. The zero-order valence-electron chi connectivity index (χ0n) is 15.6. The Morgan fingerprint density at radius 1 is 1.27 bits per heavy atom. The first-order valence-corrected chi connectivity index (χ1v) is 10.5. The van der Waals surface area contributed by atoms with Crippen molar-refractivity contribution < 1.29 is 33.5 Å². The second kappa shape index (κ2) is 8.26. The number of aliphatic hydroxyl groups excluding tert-OH is 1. The predicted octanol–water partition coefficient (Wildman–Crippen LogP) is 0.745. The molecule has 0 bridgehead atoms. The van der Waals surface area contributed by atoms with Gasteiger partial charge in [0.1, 0.15) is 18.9 Å². The number of aromatic nitrogens is 4. The van der Waals surface area contributed by atoms with Gasteiger partial charge in [-0.3, -0.25) is 9.09 Å². The van der Waals surface area contributed by atoms with Gasteiger partial charge in [0.25, 0.3) is 0 Å². The van der Waals surface area contributed by atoms with Gasteiger partial charge in [-0.1, -0.05) is 30.3 Å². The lowest BCUT2D eigenvalue weighted by Gasteiger charge is -2.16. The first kappa shape index (κ1) is 20.7. The summed E-state index contributed by atoms with van der Waals surface area (Å²) >= 11 is 0. The number of aliphatic hydroxyl groups is 1. The van der Waals surface area contributed by atoms with Gasteiger partial charge in [-0.25, -0.2) is 9.55 Å². The lowest BCUT2D eigenvalue weighted by atomic mass is 10.2. The molecule has 30 heavy (non-hydrogen) atoms. The summed E-state index contributed by atoms with van der Waals surface area (Å²) in [4.78, 5) is 30.3. The van der Waals surface area contributed by atoms with E-state index < -0.39 is 32.9 Å². The van der Waals surface area contributed by atoms with Crippen LogP contribution >= 0.6 is 7.82 Å². The van der Waals surface area contributed by atoms with E-state index in [-0.39, 0.29) is 24.9 Å². The Morgan fingerprint density at radius 3 is 2.77 bits per heavy atom. The molecule has 0 spiro atoms. The molecule has 0 aliphatic carbocycles. The van der Waals surface area contributed by atoms with Crippen LogP contribution in [0, 0.1) is 0 Å². The Kier molecular flexibility index (Phi) is 5.69. The smallest absolute Gasteiger partial charge is 0.469 e. The zero-order valence-corrected chi connectivity index (χ0v) is 16.5. The Balaban J connectivity index is 1.54. The fourth-order valence-corrected chi connectivity index (χ4v) is 3.49. The van der Waals surface area contributed by atoms with Gasteiger partial charge in [0, 0.05) is 6.42 Å². The summed E-state index contributed by atoms with van der Waals surface area (Å²) in [5.74, 6) is 0.187. The van der Waals surface area contributed by atoms with Crippen LogP contribution in [0.15, 0.2) is 36.7 Å². The van der Waals surface area contributed by atoms with Gasteiger partial charge in [-0.05, 0) is 5.56 Å². The Labute approximate surface area is 170 Å². The van der Waals surface area contributed by atoms with Crippen LogP contribution in [0.5, 0.6) is 5.88 Å². The van der Waals surface area contributed by atoms with Gasteiger partial charge < -0.3 is 30.1 Å². The zero-order chi connectivity index (χ0) is 21.3. The Morgan fingerprint density at radius 2 is 2.03 bits per heavy atom. The summed E-state index contributed by atoms with van der Waals surface area (Å²) in [5.41, 5.74) is 7.49. The summed E-state index contributed by atoms with van der Waals surface area (Å²) in [6, 6.07) is 9.52. The van der Waals surface area contributed by atoms with Crippen molar-refractivity contribution in [1.82, 2.24) is 19.5 Å². The summed E-state index contributed by atoms with van der Waals surface area (Å²) < 4.78 is 28.4. The number of ether oxygens (including phenoxy) is 2. The maximum atomic E-state index is 10.9. The van der Waals surface area contributed by atoms with E-state index in [0.717, 1.165) is 5.56 Å². The van der Waals surface area contributed by atoms with Crippen molar-refractivity contribution in [3.63, 3.8) is 0 Å². The fourth-order valence-electron chi connectivity index (χ4n) is 3.15. The minimum Gasteiger partial charge on any atom is -0.471 e. The number of phosphoric acid groups is 1. The fraction of sp³-hybridized carbons (Fsp3) is 0.353. The van der Waals surface area contributed by atoms with Crippen molar-refractivity contribution in [1.29, 1.82) is 0 Å². The standard InChI is InChI=1S/C17H20N5O7P/c18-17-20-15-14(16(21-17)27-7-10-4-2-1-3-5-10)19-9-22(15)13-6-11(23)12(29-13)8-28-30(24,25)26/h1-5,9,11-13,23H,6-8H2,(H2,18,20,21)(H2,24,25,26)/t11-,12+,13+/m0/s1. The van der Waals surface area contributed by atoms with Gasteiger partial charge >= 0.3 is 7.82 Å². The van der Waals surface area contributed by atoms with Crippen molar-refractivity contribution in [3.05, 3.63) is 42.2 Å². The summed E-state index contributed by atoms with van der Waals surface area (Å²) in [6.45, 7) is -0.198. The number of nitrogen functional groups attached to an aromatic ring is 1. The third-order valence-electron chi connectivity index (χ3n) is 4.55. The number of hydrogen-bond acceptors (Lipinski definition) is 9. The molecule has 5 N–H and O–H groups in total. The van der Waals surface area contributed by atoms with E-state index in [9.17, 15) is 9.67 Å². The average Bonchev–Trinajstić information content (AvgIpc) is 3.28. The number of anilines is 1. The molecule has 1 aliphatic rings. The van der Waals surface area contributed by atoms with Crippen LogP contribution in [-0.2, 0) is 20.4 Å². The van der Waals surface area contributed by atoms with Gasteiger partial charge in [0.15, 0.2) is 11.2 Å². The Hall–Kier alpha value is -2.60. The van der Waals surface area contributed by atoms with Gasteiger partial charge in [-0.2, -0.15) is 9.97 Å². The molecule has 160 valence electrons. The second-order valence-corrected chi connectivity index (χ2v) is 7.94. The molecule has 2 aromatic heterocycles. The number of nitrogens with zero attached hydrogens (tertiary/aromatic N) is 4. The molecular formula is C17H20N5O7P. The molecule has 12 nitrogen and oxygen atoms in total. The van der Waals surface area contributed by atoms with Crippen molar-refractivity contribution in [2.24, 2.45) is 0 Å². The van der Waals surface area contributed by atoms with Crippen molar-refractivity contribution in [2.45, 2.75) is 31.5 Å². The monoisotopic (exact) mass is 437 g/mol. The van der Waals surface area contributed by atoms with Crippen LogP contribution in [0.1, 0.15) is 18.2 Å². The van der Waals surface area contributed by atoms with E-state index in [0.29, 0.717) is 11.2 Å².